The van der Waals surface area contributed by atoms with Crippen LogP contribution in [0.4, 0.5) is 0 Å². The Morgan fingerprint density at radius 3 is 2.77 bits per heavy atom. The highest BCUT2D eigenvalue weighted by atomic mass is 32.1. The van der Waals surface area contributed by atoms with Crippen LogP contribution in [0.2, 0.25) is 0 Å². The predicted octanol–water partition coefficient (Wildman–Crippen LogP) is 2.25. The fourth-order valence-electron chi connectivity index (χ4n) is 1.87. The van der Waals surface area contributed by atoms with Crippen molar-refractivity contribution in [3.8, 4) is 16.3 Å². The number of amides is 1. The van der Waals surface area contributed by atoms with Gasteiger partial charge in [-0.3, -0.25) is 4.79 Å². The first kappa shape index (κ1) is 16.5. The Kier molecular flexibility index (Phi) is 5.91. The molecule has 2 rings (SSSR count). The molecule has 0 aliphatic heterocycles. The second-order valence-corrected chi connectivity index (χ2v) is 5.79. The van der Waals surface area contributed by atoms with Gasteiger partial charge in [-0.05, 0) is 38.1 Å². The molecule has 0 spiro atoms. The monoisotopic (exact) mass is 320 g/mol. The van der Waals surface area contributed by atoms with E-state index in [4.69, 9.17) is 9.84 Å². The zero-order valence-electron chi connectivity index (χ0n) is 12.7. The molecule has 2 N–H and O–H groups in total. The van der Waals surface area contributed by atoms with Crippen molar-refractivity contribution in [3.63, 3.8) is 0 Å². The van der Waals surface area contributed by atoms with Crippen molar-refractivity contribution in [2.45, 2.75) is 26.4 Å². The van der Waals surface area contributed by atoms with Gasteiger partial charge in [0.15, 0.2) is 0 Å². The highest BCUT2D eigenvalue weighted by Crippen LogP contribution is 2.25. The van der Waals surface area contributed by atoms with E-state index in [1.165, 1.54) is 11.3 Å². The van der Waals surface area contributed by atoms with Crippen molar-refractivity contribution in [1.29, 1.82) is 0 Å². The van der Waals surface area contributed by atoms with Gasteiger partial charge in [-0.25, -0.2) is 4.98 Å². The Labute approximate surface area is 134 Å². The first-order chi connectivity index (χ1) is 10.6. The number of carbonyl (C=O) groups is 1. The van der Waals surface area contributed by atoms with Crippen LogP contribution in [0.5, 0.6) is 5.75 Å². The van der Waals surface area contributed by atoms with Crippen molar-refractivity contribution >= 4 is 17.2 Å². The third kappa shape index (κ3) is 4.82. The lowest BCUT2D eigenvalue weighted by Gasteiger charge is -2.05. The summed E-state index contributed by atoms with van der Waals surface area (Å²) in [5.41, 5.74) is 1.74. The molecular formula is C16H20N2O3S. The molecule has 118 valence electrons. The molecule has 1 heterocycles. The lowest BCUT2D eigenvalue weighted by Crippen LogP contribution is -2.31. The highest BCUT2D eigenvalue weighted by molar-refractivity contribution is 7.13. The SMILES string of the molecule is CCOc1ccc(-c2nc(CC(=O)NCC(C)O)cs2)cc1. The molecule has 0 saturated heterocycles. The second kappa shape index (κ2) is 7.91. The van der Waals surface area contributed by atoms with E-state index < -0.39 is 6.10 Å². The third-order valence-electron chi connectivity index (χ3n) is 2.90. The topological polar surface area (TPSA) is 71.5 Å². The fourth-order valence-corrected chi connectivity index (χ4v) is 2.70. The maximum absolute atomic E-state index is 11.7. The number of nitrogens with one attached hydrogen (secondary N) is 1. The zero-order valence-corrected chi connectivity index (χ0v) is 13.5. The van der Waals surface area contributed by atoms with Crippen molar-refractivity contribution in [2.75, 3.05) is 13.2 Å². The summed E-state index contributed by atoms with van der Waals surface area (Å²) in [5, 5.41) is 14.6. The Bertz CT molecular complexity index is 608. The van der Waals surface area contributed by atoms with Crippen LogP contribution in [0.25, 0.3) is 10.6 Å². The van der Waals surface area contributed by atoms with Gasteiger partial charge in [0.2, 0.25) is 5.91 Å². The smallest absolute Gasteiger partial charge is 0.226 e. The Balaban J connectivity index is 1.97. The molecule has 1 atom stereocenters. The van der Waals surface area contributed by atoms with E-state index in [9.17, 15) is 4.79 Å². The van der Waals surface area contributed by atoms with E-state index >= 15 is 0 Å². The largest absolute Gasteiger partial charge is 0.494 e. The molecule has 5 nitrogen and oxygen atoms in total. The minimum Gasteiger partial charge on any atom is -0.494 e. The minimum absolute atomic E-state index is 0.135. The summed E-state index contributed by atoms with van der Waals surface area (Å²) < 4.78 is 5.41. The highest BCUT2D eigenvalue weighted by Gasteiger charge is 2.09. The van der Waals surface area contributed by atoms with Gasteiger partial charge in [-0.1, -0.05) is 0 Å². The number of aliphatic hydroxyl groups excluding tert-OH is 1. The molecule has 0 fully saturated rings. The van der Waals surface area contributed by atoms with Crippen molar-refractivity contribution in [3.05, 3.63) is 35.3 Å². The Hall–Kier alpha value is -1.92. The van der Waals surface area contributed by atoms with Crippen LogP contribution < -0.4 is 10.1 Å². The maximum atomic E-state index is 11.7. The summed E-state index contributed by atoms with van der Waals surface area (Å²) in [6, 6.07) is 7.74. The van der Waals surface area contributed by atoms with Crippen LogP contribution >= 0.6 is 11.3 Å². The van der Waals surface area contributed by atoms with E-state index in [-0.39, 0.29) is 18.9 Å². The average molecular weight is 320 g/mol. The van der Waals surface area contributed by atoms with Gasteiger partial charge in [-0.15, -0.1) is 11.3 Å². The quantitative estimate of drug-likeness (QED) is 0.821. The van der Waals surface area contributed by atoms with Crippen molar-refractivity contribution < 1.29 is 14.6 Å². The molecule has 0 aliphatic rings. The first-order valence-electron chi connectivity index (χ1n) is 7.21. The van der Waals surface area contributed by atoms with Crippen LogP contribution in [0.15, 0.2) is 29.6 Å². The molecule has 6 heteroatoms. The van der Waals surface area contributed by atoms with Gasteiger partial charge in [0, 0.05) is 17.5 Å². The molecule has 1 amide bonds. The van der Waals surface area contributed by atoms with Crippen LogP contribution in [0.3, 0.4) is 0 Å². The average Bonchev–Trinajstić information content (AvgIpc) is 2.95. The summed E-state index contributed by atoms with van der Waals surface area (Å²) in [6.45, 7) is 4.48. The first-order valence-corrected chi connectivity index (χ1v) is 8.09. The van der Waals surface area contributed by atoms with E-state index in [0.717, 1.165) is 22.0 Å². The Morgan fingerprint density at radius 2 is 2.14 bits per heavy atom. The van der Waals surface area contributed by atoms with E-state index in [1.54, 1.807) is 6.92 Å². The molecule has 22 heavy (non-hydrogen) atoms. The molecule has 2 aromatic rings. The van der Waals surface area contributed by atoms with E-state index in [0.29, 0.717) is 6.61 Å². The number of ether oxygens (including phenoxy) is 1. The number of thiazole rings is 1. The van der Waals surface area contributed by atoms with Crippen molar-refractivity contribution in [1.82, 2.24) is 10.3 Å². The third-order valence-corrected chi connectivity index (χ3v) is 3.84. The normalized spacial score (nSPS) is 12.0. The lowest BCUT2D eigenvalue weighted by atomic mass is 10.2. The molecule has 0 radical (unpaired) electrons. The maximum Gasteiger partial charge on any atom is 0.226 e. The van der Waals surface area contributed by atoms with Gasteiger partial charge in [0.25, 0.3) is 0 Å². The molecule has 1 aromatic heterocycles. The number of carbonyl (C=O) groups excluding carboxylic acids is 1. The predicted molar refractivity (Wildman–Crippen MR) is 87.1 cm³/mol. The fraction of sp³-hybridized carbons (Fsp3) is 0.375. The van der Waals surface area contributed by atoms with Crippen LogP contribution in [0.1, 0.15) is 19.5 Å². The van der Waals surface area contributed by atoms with Crippen LogP contribution in [0, 0.1) is 0 Å². The summed E-state index contributed by atoms with van der Waals surface area (Å²) >= 11 is 1.51. The summed E-state index contributed by atoms with van der Waals surface area (Å²) in [7, 11) is 0. The van der Waals surface area contributed by atoms with Crippen molar-refractivity contribution in [2.24, 2.45) is 0 Å². The number of benzene rings is 1. The molecule has 1 aromatic carbocycles. The summed E-state index contributed by atoms with van der Waals surface area (Å²) in [6.07, 6.45) is -0.320. The van der Waals surface area contributed by atoms with Crippen LogP contribution in [-0.4, -0.2) is 35.3 Å². The van der Waals surface area contributed by atoms with Gasteiger partial charge in [-0.2, -0.15) is 0 Å². The lowest BCUT2D eigenvalue weighted by molar-refractivity contribution is -0.120. The number of aliphatic hydroxyl groups is 1. The van der Waals surface area contributed by atoms with Gasteiger partial charge < -0.3 is 15.2 Å². The number of hydrogen-bond acceptors (Lipinski definition) is 5. The standard InChI is InChI=1S/C16H20N2O3S/c1-3-21-14-6-4-12(5-7-14)16-18-13(10-22-16)8-15(20)17-9-11(2)19/h4-7,10-11,19H,3,8-9H2,1-2H3,(H,17,20). The Morgan fingerprint density at radius 1 is 1.41 bits per heavy atom. The van der Waals surface area contributed by atoms with E-state index in [2.05, 4.69) is 10.3 Å². The number of rotatable bonds is 7. The number of aromatic nitrogens is 1. The van der Waals surface area contributed by atoms with Gasteiger partial charge in [0.05, 0.1) is 24.8 Å². The zero-order chi connectivity index (χ0) is 15.9. The molecule has 1 unspecified atom stereocenters. The molecule has 0 bridgehead atoms. The number of nitrogens with zero attached hydrogens (tertiary/aromatic N) is 1. The molecule has 0 saturated carbocycles. The summed E-state index contributed by atoms with van der Waals surface area (Å²) in [5.74, 6) is 0.699. The molecular weight excluding hydrogens is 300 g/mol. The van der Waals surface area contributed by atoms with Gasteiger partial charge in [0.1, 0.15) is 10.8 Å². The van der Waals surface area contributed by atoms with Gasteiger partial charge >= 0.3 is 0 Å². The summed E-state index contributed by atoms with van der Waals surface area (Å²) in [4.78, 5) is 16.2. The van der Waals surface area contributed by atoms with Crippen LogP contribution in [-0.2, 0) is 11.2 Å². The molecule has 0 aliphatic carbocycles. The number of hydrogen-bond donors (Lipinski definition) is 2. The van der Waals surface area contributed by atoms with E-state index in [1.807, 2.05) is 36.6 Å². The minimum atomic E-state index is -0.543. The second-order valence-electron chi connectivity index (χ2n) is 4.93.